The first kappa shape index (κ1) is 15.2. The number of nitrogens with one attached hydrogen (secondary N) is 1. The highest BCUT2D eigenvalue weighted by atomic mass is 16.2. The molecule has 0 saturated heterocycles. The monoisotopic (exact) mass is 259 g/mol. The van der Waals surface area contributed by atoms with Crippen LogP contribution in [-0.2, 0) is 4.79 Å². The lowest BCUT2D eigenvalue weighted by Crippen LogP contribution is -2.53. The topological polar surface area (TPSA) is 78.9 Å². The fourth-order valence-electron chi connectivity index (χ4n) is 1.40. The van der Waals surface area contributed by atoms with Gasteiger partial charge >= 0.3 is 0 Å². The van der Waals surface area contributed by atoms with Crippen molar-refractivity contribution in [2.75, 3.05) is 5.32 Å². The molecule has 0 spiro atoms. The van der Waals surface area contributed by atoms with E-state index >= 15 is 0 Å². The molecule has 0 unspecified atom stereocenters. The molecule has 1 rings (SSSR count). The Morgan fingerprint density at radius 3 is 2.37 bits per heavy atom. The lowest BCUT2D eigenvalue weighted by atomic mass is 9.74. The Morgan fingerprint density at radius 2 is 1.89 bits per heavy atom. The second-order valence-electron chi connectivity index (χ2n) is 5.94. The van der Waals surface area contributed by atoms with Crippen LogP contribution in [0, 0.1) is 23.7 Å². The lowest BCUT2D eigenvalue weighted by Gasteiger charge is -2.37. The van der Waals surface area contributed by atoms with Crippen molar-refractivity contribution < 1.29 is 4.79 Å². The van der Waals surface area contributed by atoms with Crippen LogP contribution in [0.1, 0.15) is 38.8 Å². The molecule has 1 aromatic carbocycles. The predicted molar refractivity (Wildman–Crippen MR) is 76.6 cm³/mol. The first-order chi connectivity index (χ1) is 8.59. The fraction of sp³-hybridized carbons (Fsp3) is 0.467. The third-order valence-electron chi connectivity index (χ3n) is 3.79. The molecule has 4 nitrogen and oxygen atoms in total. The zero-order valence-electron chi connectivity index (χ0n) is 12.2. The van der Waals surface area contributed by atoms with Crippen molar-refractivity contribution in [3.05, 3.63) is 29.3 Å². The average Bonchev–Trinajstić information content (AvgIpc) is 2.30. The van der Waals surface area contributed by atoms with Gasteiger partial charge in [-0.1, -0.05) is 6.07 Å². The normalized spacial score (nSPS) is 11.8. The molecule has 4 heteroatoms. The third kappa shape index (κ3) is 3.12. The van der Waals surface area contributed by atoms with Gasteiger partial charge in [-0.3, -0.25) is 4.79 Å². The standard InChI is InChI=1S/C15H21N3O/c1-10-6-7-11(9-16)8-12(10)18-13(19)14(2,3)15(4,5)17/h6-8H,17H2,1-5H3,(H,18,19). The Kier molecular flexibility index (Phi) is 4.02. The number of hydrogen-bond acceptors (Lipinski definition) is 3. The molecule has 0 atom stereocenters. The molecule has 102 valence electrons. The molecule has 0 aliphatic heterocycles. The summed E-state index contributed by atoms with van der Waals surface area (Å²) < 4.78 is 0. The van der Waals surface area contributed by atoms with Gasteiger partial charge in [-0.15, -0.1) is 0 Å². The fourth-order valence-corrected chi connectivity index (χ4v) is 1.40. The van der Waals surface area contributed by atoms with Crippen molar-refractivity contribution in [3.63, 3.8) is 0 Å². The summed E-state index contributed by atoms with van der Waals surface area (Å²) in [4.78, 5) is 12.4. The van der Waals surface area contributed by atoms with Crippen molar-refractivity contribution in [1.29, 1.82) is 5.26 Å². The third-order valence-corrected chi connectivity index (χ3v) is 3.79. The molecule has 19 heavy (non-hydrogen) atoms. The number of nitrogens with zero attached hydrogens (tertiary/aromatic N) is 1. The molecule has 0 saturated carbocycles. The summed E-state index contributed by atoms with van der Waals surface area (Å²) in [6, 6.07) is 7.27. The van der Waals surface area contributed by atoms with E-state index < -0.39 is 11.0 Å². The van der Waals surface area contributed by atoms with Gasteiger partial charge < -0.3 is 11.1 Å². The molecular weight excluding hydrogens is 238 g/mol. The molecule has 0 aliphatic carbocycles. The summed E-state index contributed by atoms with van der Waals surface area (Å²) in [5.74, 6) is -0.154. The van der Waals surface area contributed by atoms with Crippen molar-refractivity contribution in [3.8, 4) is 6.07 Å². The average molecular weight is 259 g/mol. The summed E-state index contributed by atoms with van der Waals surface area (Å²) >= 11 is 0. The number of carbonyl (C=O) groups excluding carboxylic acids is 1. The molecule has 0 heterocycles. The van der Waals surface area contributed by atoms with Crippen LogP contribution in [0.2, 0.25) is 0 Å². The molecule has 0 bridgehead atoms. The van der Waals surface area contributed by atoms with Crippen LogP contribution in [-0.4, -0.2) is 11.4 Å². The molecule has 0 radical (unpaired) electrons. The van der Waals surface area contributed by atoms with Crippen molar-refractivity contribution in [2.24, 2.45) is 11.1 Å². The van der Waals surface area contributed by atoms with E-state index in [9.17, 15) is 4.79 Å². The van der Waals surface area contributed by atoms with E-state index in [4.69, 9.17) is 11.0 Å². The van der Waals surface area contributed by atoms with Gasteiger partial charge in [0.15, 0.2) is 0 Å². The van der Waals surface area contributed by atoms with Crippen LogP contribution in [0.5, 0.6) is 0 Å². The first-order valence-electron chi connectivity index (χ1n) is 6.20. The minimum absolute atomic E-state index is 0.154. The molecule has 1 aromatic rings. The SMILES string of the molecule is Cc1ccc(C#N)cc1NC(=O)C(C)(C)C(C)(C)N. The van der Waals surface area contributed by atoms with Gasteiger partial charge in [-0.05, 0) is 52.3 Å². The Morgan fingerprint density at radius 1 is 1.32 bits per heavy atom. The number of aryl methyl sites for hydroxylation is 1. The van der Waals surface area contributed by atoms with E-state index in [1.165, 1.54) is 0 Å². The maximum atomic E-state index is 12.4. The van der Waals surface area contributed by atoms with E-state index in [2.05, 4.69) is 11.4 Å². The number of nitrogens with two attached hydrogens (primary N) is 1. The summed E-state index contributed by atoms with van der Waals surface area (Å²) in [6.45, 7) is 9.16. The number of amides is 1. The summed E-state index contributed by atoms with van der Waals surface area (Å²) in [7, 11) is 0. The number of benzene rings is 1. The lowest BCUT2D eigenvalue weighted by molar-refractivity contribution is -0.126. The van der Waals surface area contributed by atoms with Gasteiger partial charge in [0.25, 0.3) is 0 Å². The van der Waals surface area contributed by atoms with Crippen LogP contribution in [0.3, 0.4) is 0 Å². The largest absolute Gasteiger partial charge is 0.325 e. The molecular formula is C15H21N3O. The van der Waals surface area contributed by atoms with Crippen LogP contribution in [0.4, 0.5) is 5.69 Å². The Labute approximate surface area is 114 Å². The smallest absolute Gasteiger partial charge is 0.231 e. The van der Waals surface area contributed by atoms with Gasteiger partial charge in [-0.25, -0.2) is 0 Å². The molecule has 0 aromatic heterocycles. The highest BCUT2D eigenvalue weighted by Gasteiger charge is 2.40. The zero-order chi connectivity index (χ0) is 14.8. The van der Waals surface area contributed by atoms with Crippen LogP contribution in [0.25, 0.3) is 0 Å². The van der Waals surface area contributed by atoms with Gasteiger partial charge in [0.2, 0.25) is 5.91 Å². The van der Waals surface area contributed by atoms with E-state index in [0.717, 1.165) is 5.56 Å². The van der Waals surface area contributed by atoms with Gasteiger partial charge in [-0.2, -0.15) is 5.26 Å². The van der Waals surface area contributed by atoms with E-state index in [1.54, 1.807) is 12.1 Å². The van der Waals surface area contributed by atoms with Crippen LogP contribution in [0.15, 0.2) is 18.2 Å². The number of hydrogen-bond donors (Lipinski definition) is 2. The first-order valence-corrected chi connectivity index (χ1v) is 6.20. The zero-order valence-corrected chi connectivity index (χ0v) is 12.2. The van der Waals surface area contributed by atoms with Gasteiger partial charge in [0.05, 0.1) is 17.0 Å². The predicted octanol–water partition coefficient (Wildman–Crippen LogP) is 2.57. The van der Waals surface area contributed by atoms with Crippen molar-refractivity contribution in [1.82, 2.24) is 0 Å². The summed E-state index contributed by atoms with van der Waals surface area (Å²) in [5, 5.41) is 11.8. The van der Waals surface area contributed by atoms with Crippen molar-refractivity contribution >= 4 is 11.6 Å². The molecule has 0 fully saturated rings. The molecule has 1 amide bonds. The second kappa shape index (κ2) is 5.02. The number of carbonyl (C=O) groups is 1. The molecule has 0 aliphatic rings. The van der Waals surface area contributed by atoms with Crippen LogP contribution >= 0.6 is 0 Å². The van der Waals surface area contributed by atoms with Gasteiger partial charge in [0.1, 0.15) is 0 Å². The Balaban J connectivity index is 3.04. The minimum atomic E-state index is -0.720. The van der Waals surface area contributed by atoms with Gasteiger partial charge in [0, 0.05) is 11.2 Å². The van der Waals surface area contributed by atoms with E-state index in [1.807, 2.05) is 40.7 Å². The maximum absolute atomic E-state index is 12.4. The number of anilines is 1. The van der Waals surface area contributed by atoms with Crippen molar-refractivity contribution in [2.45, 2.75) is 40.2 Å². The highest BCUT2D eigenvalue weighted by molar-refractivity contribution is 5.96. The molecule has 3 N–H and O–H groups in total. The Bertz CT molecular complexity index is 533. The summed E-state index contributed by atoms with van der Waals surface area (Å²) in [5.41, 5.74) is 6.78. The van der Waals surface area contributed by atoms with Crippen LogP contribution < -0.4 is 11.1 Å². The Hall–Kier alpha value is -1.86. The quantitative estimate of drug-likeness (QED) is 0.875. The van der Waals surface area contributed by atoms with E-state index in [-0.39, 0.29) is 5.91 Å². The second-order valence-corrected chi connectivity index (χ2v) is 5.94. The van der Waals surface area contributed by atoms with E-state index in [0.29, 0.717) is 11.3 Å². The highest BCUT2D eigenvalue weighted by Crippen LogP contribution is 2.30. The number of nitriles is 1. The minimum Gasteiger partial charge on any atom is -0.325 e. The maximum Gasteiger partial charge on any atom is 0.231 e. The number of rotatable bonds is 3. The summed E-state index contributed by atoms with van der Waals surface area (Å²) in [6.07, 6.45) is 0.